The molecule has 6 rings (SSSR count). The summed E-state index contributed by atoms with van der Waals surface area (Å²) in [6, 6.07) is 16.4. The highest BCUT2D eigenvalue weighted by atomic mass is 16.6. The van der Waals surface area contributed by atoms with E-state index in [1.165, 1.54) is 0 Å². The molecule has 2 amide bonds. The molecular weight excluding hydrogens is 410 g/mol. The quantitative estimate of drug-likeness (QED) is 0.684. The van der Waals surface area contributed by atoms with Gasteiger partial charge in [0.1, 0.15) is 36.7 Å². The van der Waals surface area contributed by atoms with Gasteiger partial charge in [-0.25, -0.2) is 4.98 Å². The molecule has 2 N–H and O–H groups in total. The number of para-hydroxylation sites is 1. The van der Waals surface area contributed by atoms with E-state index in [9.17, 15) is 9.59 Å². The van der Waals surface area contributed by atoms with Crippen LogP contribution in [0.5, 0.6) is 17.2 Å². The number of benzene rings is 2. The molecule has 0 bridgehead atoms. The van der Waals surface area contributed by atoms with Gasteiger partial charge in [0, 0.05) is 17.3 Å². The van der Waals surface area contributed by atoms with Crippen LogP contribution in [0.3, 0.4) is 0 Å². The normalized spacial score (nSPS) is 20.1. The minimum atomic E-state index is -0.983. The van der Waals surface area contributed by atoms with Crippen molar-refractivity contribution in [2.75, 3.05) is 24.7 Å². The number of pyridine rings is 1. The molecule has 1 unspecified atom stereocenters. The molecule has 8 nitrogen and oxygen atoms in total. The molecule has 160 valence electrons. The monoisotopic (exact) mass is 429 g/mol. The Hall–Kier alpha value is -4.07. The Kier molecular flexibility index (Phi) is 3.92. The van der Waals surface area contributed by atoms with E-state index in [0.29, 0.717) is 36.2 Å². The first-order chi connectivity index (χ1) is 15.6. The Morgan fingerprint density at radius 3 is 2.56 bits per heavy atom. The number of fused-ring (bicyclic) bond motifs is 5. The Labute approximate surface area is 183 Å². The van der Waals surface area contributed by atoms with Gasteiger partial charge in [0.25, 0.3) is 5.91 Å². The third kappa shape index (κ3) is 2.52. The minimum absolute atomic E-state index is 0.111. The number of anilines is 1. The second-order valence-corrected chi connectivity index (χ2v) is 7.97. The fourth-order valence-electron chi connectivity index (χ4n) is 4.74. The summed E-state index contributed by atoms with van der Waals surface area (Å²) in [7, 11) is 0. The lowest BCUT2D eigenvalue weighted by molar-refractivity contribution is -0.122. The zero-order valence-electron chi connectivity index (χ0n) is 17.0. The van der Waals surface area contributed by atoms with Crippen LogP contribution in [0.2, 0.25) is 0 Å². The van der Waals surface area contributed by atoms with E-state index in [1.54, 1.807) is 29.2 Å². The van der Waals surface area contributed by atoms with Crippen LogP contribution in [0.25, 0.3) is 0 Å². The van der Waals surface area contributed by atoms with Crippen LogP contribution < -0.4 is 24.8 Å². The molecule has 4 heterocycles. The van der Waals surface area contributed by atoms with Gasteiger partial charge in [-0.1, -0.05) is 24.3 Å². The van der Waals surface area contributed by atoms with Gasteiger partial charge in [-0.2, -0.15) is 0 Å². The summed E-state index contributed by atoms with van der Waals surface area (Å²) < 4.78 is 17.5. The number of hydrogen-bond acceptors (Lipinski definition) is 6. The van der Waals surface area contributed by atoms with E-state index in [1.807, 2.05) is 30.3 Å². The molecule has 1 spiro atoms. The average molecular weight is 429 g/mol. The molecule has 3 aliphatic rings. The number of carbonyl (C=O) groups excluding carboxylic acids is 2. The second kappa shape index (κ2) is 6.71. The van der Waals surface area contributed by atoms with E-state index in [-0.39, 0.29) is 24.8 Å². The molecule has 0 fully saturated rings. The fourth-order valence-corrected chi connectivity index (χ4v) is 4.74. The number of carbonyl (C=O) groups is 2. The standard InChI is InChI=1S/C24H19N3O5/c25-22(28)17-6-3-4-14(26-17)12-27-18-7-2-1-5-15(18)24(23(27)29)13-32-19-11-21-20(10-16(19)24)30-8-9-31-21/h1-7,10-11H,8-9,12-13H2,(H2,25,28). The number of hydrogen-bond donors (Lipinski definition) is 1. The molecule has 0 aliphatic carbocycles. The van der Waals surface area contributed by atoms with E-state index < -0.39 is 11.3 Å². The summed E-state index contributed by atoms with van der Waals surface area (Å²) >= 11 is 0. The zero-order valence-corrected chi connectivity index (χ0v) is 17.0. The Balaban J connectivity index is 1.46. The summed E-state index contributed by atoms with van der Waals surface area (Å²) in [5.41, 5.74) is 7.55. The average Bonchev–Trinajstić information content (AvgIpc) is 3.30. The molecule has 0 radical (unpaired) electrons. The number of primary amides is 1. The number of amides is 2. The molecule has 2 aromatic carbocycles. The van der Waals surface area contributed by atoms with E-state index in [2.05, 4.69) is 4.98 Å². The maximum absolute atomic E-state index is 14.0. The van der Waals surface area contributed by atoms with Gasteiger partial charge in [0.05, 0.1) is 12.2 Å². The van der Waals surface area contributed by atoms with Crippen LogP contribution in [-0.4, -0.2) is 36.6 Å². The molecule has 0 saturated carbocycles. The first kappa shape index (κ1) is 18.7. The van der Waals surface area contributed by atoms with Crippen molar-refractivity contribution in [3.63, 3.8) is 0 Å². The molecule has 3 aliphatic heterocycles. The Morgan fingerprint density at radius 2 is 1.75 bits per heavy atom. The van der Waals surface area contributed by atoms with Gasteiger partial charge >= 0.3 is 0 Å². The second-order valence-electron chi connectivity index (χ2n) is 7.97. The first-order valence-electron chi connectivity index (χ1n) is 10.3. The maximum Gasteiger partial charge on any atom is 0.267 e. The SMILES string of the molecule is NC(=O)c1cccc(CN2C(=O)C3(COc4cc5c(cc43)OCCO5)c3ccccc32)n1. The van der Waals surface area contributed by atoms with Crippen LogP contribution >= 0.6 is 0 Å². The maximum atomic E-state index is 14.0. The fraction of sp³-hybridized carbons (Fsp3) is 0.208. The Morgan fingerprint density at radius 1 is 0.969 bits per heavy atom. The summed E-state index contributed by atoms with van der Waals surface area (Å²) in [6.45, 7) is 1.33. The third-order valence-electron chi connectivity index (χ3n) is 6.19. The van der Waals surface area contributed by atoms with Crippen molar-refractivity contribution in [1.29, 1.82) is 0 Å². The van der Waals surface area contributed by atoms with Crippen molar-refractivity contribution < 1.29 is 23.8 Å². The van der Waals surface area contributed by atoms with E-state index in [0.717, 1.165) is 16.8 Å². The minimum Gasteiger partial charge on any atom is -0.491 e. The highest BCUT2D eigenvalue weighted by Gasteiger charge is 2.57. The first-order valence-corrected chi connectivity index (χ1v) is 10.3. The van der Waals surface area contributed by atoms with Crippen molar-refractivity contribution in [3.8, 4) is 17.2 Å². The van der Waals surface area contributed by atoms with Crippen LogP contribution in [0.1, 0.15) is 27.3 Å². The van der Waals surface area contributed by atoms with Gasteiger partial charge in [-0.05, 0) is 29.8 Å². The summed E-state index contributed by atoms with van der Waals surface area (Å²) in [5.74, 6) is 1.13. The van der Waals surface area contributed by atoms with Gasteiger partial charge in [-0.3, -0.25) is 9.59 Å². The van der Waals surface area contributed by atoms with Gasteiger partial charge in [0.2, 0.25) is 5.91 Å². The van der Waals surface area contributed by atoms with Crippen molar-refractivity contribution >= 4 is 17.5 Å². The summed E-state index contributed by atoms with van der Waals surface area (Å²) in [6.07, 6.45) is 0. The van der Waals surface area contributed by atoms with Crippen LogP contribution in [-0.2, 0) is 16.8 Å². The third-order valence-corrected chi connectivity index (χ3v) is 6.19. The number of nitrogens with zero attached hydrogens (tertiary/aromatic N) is 2. The molecule has 1 atom stereocenters. The van der Waals surface area contributed by atoms with Crippen molar-refractivity contribution in [1.82, 2.24) is 4.98 Å². The predicted molar refractivity (Wildman–Crippen MR) is 114 cm³/mol. The zero-order chi connectivity index (χ0) is 21.9. The summed E-state index contributed by atoms with van der Waals surface area (Å²) in [4.78, 5) is 31.6. The van der Waals surface area contributed by atoms with Gasteiger partial charge in [-0.15, -0.1) is 0 Å². The largest absolute Gasteiger partial charge is 0.491 e. The Bertz CT molecular complexity index is 1290. The van der Waals surface area contributed by atoms with Gasteiger partial charge < -0.3 is 24.8 Å². The van der Waals surface area contributed by atoms with Crippen molar-refractivity contribution in [2.45, 2.75) is 12.0 Å². The van der Waals surface area contributed by atoms with Gasteiger partial charge in [0.15, 0.2) is 11.5 Å². The molecule has 8 heteroatoms. The lowest BCUT2D eigenvalue weighted by atomic mass is 9.77. The number of nitrogens with two attached hydrogens (primary N) is 1. The number of rotatable bonds is 3. The van der Waals surface area contributed by atoms with Crippen molar-refractivity contribution in [3.05, 3.63) is 77.1 Å². The highest BCUT2D eigenvalue weighted by molar-refractivity contribution is 6.11. The van der Waals surface area contributed by atoms with Crippen LogP contribution in [0.15, 0.2) is 54.6 Å². The molecule has 3 aromatic rings. The number of aromatic nitrogens is 1. The smallest absolute Gasteiger partial charge is 0.267 e. The molecular formula is C24H19N3O5. The van der Waals surface area contributed by atoms with Crippen molar-refractivity contribution in [2.24, 2.45) is 5.73 Å². The molecule has 0 saturated heterocycles. The summed E-state index contributed by atoms with van der Waals surface area (Å²) in [5, 5.41) is 0. The molecule has 1 aromatic heterocycles. The predicted octanol–water partition coefficient (Wildman–Crippen LogP) is 2.18. The lowest BCUT2D eigenvalue weighted by Crippen LogP contribution is -2.42. The van der Waals surface area contributed by atoms with E-state index in [4.69, 9.17) is 19.9 Å². The topological polar surface area (TPSA) is 104 Å². The van der Waals surface area contributed by atoms with Crippen LogP contribution in [0, 0.1) is 0 Å². The van der Waals surface area contributed by atoms with Crippen LogP contribution in [0.4, 0.5) is 5.69 Å². The number of ether oxygens (including phenoxy) is 3. The lowest BCUT2D eigenvalue weighted by Gasteiger charge is -2.24. The highest BCUT2D eigenvalue weighted by Crippen LogP contribution is 2.54. The molecule has 32 heavy (non-hydrogen) atoms. The van der Waals surface area contributed by atoms with E-state index >= 15 is 0 Å².